The van der Waals surface area contributed by atoms with Crippen molar-refractivity contribution in [1.82, 2.24) is 10.2 Å². The molecule has 0 aromatic heterocycles. The van der Waals surface area contributed by atoms with E-state index in [2.05, 4.69) is 37.9 Å². The molecule has 1 N–H and O–H groups in total. The molecule has 0 radical (unpaired) electrons. The molecule has 6 fully saturated rings. The van der Waals surface area contributed by atoms with Gasteiger partial charge in [-0.1, -0.05) is 27.7 Å². The molecule has 37 heavy (non-hydrogen) atoms. The summed E-state index contributed by atoms with van der Waals surface area (Å²) in [6, 6.07) is 0.382. The van der Waals surface area contributed by atoms with Gasteiger partial charge in [-0.15, -0.1) is 0 Å². The molecule has 210 valence electrons. The van der Waals surface area contributed by atoms with E-state index in [-0.39, 0.29) is 11.7 Å². The van der Waals surface area contributed by atoms with E-state index in [1.165, 1.54) is 51.4 Å². The highest BCUT2D eigenvalue weighted by atomic mass is 16.7. The molecule has 6 aliphatic rings. The fourth-order valence-electron chi connectivity index (χ4n) is 11.0. The maximum absolute atomic E-state index is 12.5. The van der Waals surface area contributed by atoms with Gasteiger partial charge in [0.25, 0.3) is 0 Å². The topological polar surface area (TPSA) is 50.8 Å². The van der Waals surface area contributed by atoms with Gasteiger partial charge in [0.1, 0.15) is 0 Å². The number of amides is 1. The van der Waals surface area contributed by atoms with Crippen molar-refractivity contribution in [1.29, 1.82) is 0 Å². The SMILES string of the molecule is C[C@H]1CC[C@@]2(OC1)O[C@H]1C[C@H]3[C@@H]4CC[C@@H]5C[C@H](NC(=O)CCN(C)C)CC[C@]5(C)[C@H]4CC[C@]3(C)[C@H]1[C@@H]2C. The second-order valence-electron chi connectivity index (χ2n) is 15.3. The van der Waals surface area contributed by atoms with E-state index >= 15 is 0 Å². The number of carbonyl (C=O) groups excluding carboxylic acids is 1. The highest BCUT2D eigenvalue weighted by Gasteiger charge is 2.69. The number of rotatable bonds is 4. The number of nitrogens with one attached hydrogen (secondary N) is 1. The van der Waals surface area contributed by atoms with Gasteiger partial charge in [0.2, 0.25) is 5.91 Å². The smallest absolute Gasteiger partial charge is 0.221 e. The molecule has 6 rings (SSSR count). The average Bonchev–Trinajstić information content (AvgIpc) is 3.30. The Morgan fingerprint density at radius 1 is 0.946 bits per heavy atom. The zero-order valence-electron chi connectivity index (χ0n) is 24.6. The van der Waals surface area contributed by atoms with Crippen molar-refractivity contribution >= 4 is 5.91 Å². The molecule has 0 bridgehead atoms. The van der Waals surface area contributed by atoms with Crippen LogP contribution >= 0.6 is 0 Å². The van der Waals surface area contributed by atoms with Crippen LogP contribution in [0, 0.1) is 52.3 Å². The quantitative estimate of drug-likeness (QED) is 0.510. The fraction of sp³-hybridized carbons (Fsp3) is 0.969. The first-order valence-corrected chi connectivity index (χ1v) is 15.8. The molecule has 0 unspecified atom stereocenters. The average molecular weight is 515 g/mol. The van der Waals surface area contributed by atoms with Gasteiger partial charge >= 0.3 is 0 Å². The summed E-state index contributed by atoms with van der Waals surface area (Å²) in [6.07, 6.45) is 13.7. The maximum Gasteiger partial charge on any atom is 0.221 e. The first kappa shape index (κ1) is 26.6. The Morgan fingerprint density at radius 3 is 2.46 bits per heavy atom. The predicted octanol–water partition coefficient (Wildman–Crippen LogP) is 5.87. The van der Waals surface area contributed by atoms with Gasteiger partial charge in [-0.3, -0.25) is 4.79 Å². The molecule has 2 heterocycles. The zero-order chi connectivity index (χ0) is 26.2. The molecule has 5 nitrogen and oxygen atoms in total. The van der Waals surface area contributed by atoms with E-state index in [4.69, 9.17) is 9.47 Å². The minimum absolute atomic E-state index is 0.241. The highest BCUT2D eigenvalue weighted by molar-refractivity contribution is 5.76. The minimum atomic E-state index is -0.300. The van der Waals surface area contributed by atoms with Crippen molar-refractivity contribution in [3.63, 3.8) is 0 Å². The normalized spacial score (nSPS) is 52.9. The van der Waals surface area contributed by atoms with Gasteiger partial charge in [0.05, 0.1) is 12.7 Å². The van der Waals surface area contributed by atoms with Crippen LogP contribution in [0.1, 0.15) is 98.3 Å². The molecule has 4 aliphatic carbocycles. The number of carbonyl (C=O) groups is 1. The molecular formula is C32H54N2O3. The standard InChI is InChI=1S/C32H54N2O3/c1-20-9-15-32(36-19-20)21(2)29-27(37-32)18-26-24-8-7-22-17-23(33-28(35)12-16-34(5)6)10-13-30(22,3)25(24)11-14-31(26,29)4/h20-27,29H,7-19H2,1-6H3,(H,33,35)/t20-,21-,22+,23+,24+,25-,26-,27-,29-,30-,31-,32+/m0/s1. The van der Waals surface area contributed by atoms with Crippen LogP contribution in [0.3, 0.4) is 0 Å². The highest BCUT2D eigenvalue weighted by Crippen LogP contribution is 2.71. The molecule has 2 aliphatic heterocycles. The Hall–Kier alpha value is -0.650. The summed E-state index contributed by atoms with van der Waals surface area (Å²) in [4.78, 5) is 14.6. The number of nitrogens with zero attached hydrogens (tertiary/aromatic N) is 1. The van der Waals surface area contributed by atoms with E-state index in [9.17, 15) is 4.79 Å². The lowest BCUT2D eigenvalue weighted by atomic mass is 9.44. The second-order valence-corrected chi connectivity index (χ2v) is 15.3. The summed E-state index contributed by atoms with van der Waals surface area (Å²) in [7, 11) is 4.08. The van der Waals surface area contributed by atoms with Crippen molar-refractivity contribution in [2.24, 2.45) is 52.3 Å². The van der Waals surface area contributed by atoms with Crippen molar-refractivity contribution < 1.29 is 14.3 Å². The third kappa shape index (κ3) is 4.24. The van der Waals surface area contributed by atoms with E-state index < -0.39 is 0 Å². The largest absolute Gasteiger partial charge is 0.353 e. The lowest BCUT2D eigenvalue weighted by molar-refractivity contribution is -0.273. The third-order valence-electron chi connectivity index (χ3n) is 13.1. The maximum atomic E-state index is 12.5. The number of fused-ring (bicyclic) bond motifs is 7. The molecule has 1 amide bonds. The summed E-state index contributed by atoms with van der Waals surface area (Å²) in [5, 5.41) is 3.41. The van der Waals surface area contributed by atoms with Crippen molar-refractivity contribution in [2.75, 3.05) is 27.2 Å². The van der Waals surface area contributed by atoms with Crippen LogP contribution in [0.25, 0.3) is 0 Å². The van der Waals surface area contributed by atoms with Crippen LogP contribution < -0.4 is 5.32 Å². The second kappa shape index (κ2) is 9.47. The van der Waals surface area contributed by atoms with Crippen LogP contribution in [0.15, 0.2) is 0 Å². The third-order valence-corrected chi connectivity index (χ3v) is 13.1. The molecule has 12 atom stereocenters. The Labute approximate surface area is 226 Å². The Kier molecular flexibility index (Phi) is 6.80. The first-order chi connectivity index (χ1) is 17.6. The molecule has 4 saturated carbocycles. The van der Waals surface area contributed by atoms with Gasteiger partial charge in [-0.2, -0.15) is 0 Å². The molecular weight excluding hydrogens is 460 g/mol. The van der Waals surface area contributed by atoms with E-state index in [0.29, 0.717) is 47.2 Å². The van der Waals surface area contributed by atoms with Gasteiger partial charge in [0.15, 0.2) is 5.79 Å². The first-order valence-electron chi connectivity index (χ1n) is 15.8. The fourth-order valence-corrected chi connectivity index (χ4v) is 11.0. The van der Waals surface area contributed by atoms with Gasteiger partial charge < -0.3 is 19.7 Å². The molecule has 2 saturated heterocycles. The van der Waals surface area contributed by atoms with Gasteiger partial charge in [-0.05, 0) is 118 Å². The summed E-state index contributed by atoms with van der Waals surface area (Å²) in [5.74, 6) is 5.06. The Balaban J connectivity index is 1.13. The lowest BCUT2D eigenvalue weighted by Crippen LogP contribution is -2.56. The van der Waals surface area contributed by atoms with Gasteiger partial charge in [0, 0.05) is 31.3 Å². The van der Waals surface area contributed by atoms with Crippen molar-refractivity contribution in [3.05, 3.63) is 0 Å². The minimum Gasteiger partial charge on any atom is -0.353 e. The summed E-state index contributed by atoms with van der Waals surface area (Å²) in [6.45, 7) is 11.8. The molecule has 1 spiro atoms. The predicted molar refractivity (Wildman–Crippen MR) is 147 cm³/mol. The van der Waals surface area contributed by atoms with Crippen molar-refractivity contribution in [3.8, 4) is 0 Å². The number of hydrogen-bond acceptors (Lipinski definition) is 4. The number of ether oxygens (including phenoxy) is 2. The lowest BCUT2D eigenvalue weighted by Gasteiger charge is -2.61. The van der Waals surface area contributed by atoms with Crippen molar-refractivity contribution in [2.45, 2.75) is 116 Å². The van der Waals surface area contributed by atoms with E-state index in [1.807, 2.05) is 14.1 Å². The summed E-state index contributed by atoms with van der Waals surface area (Å²) >= 11 is 0. The van der Waals surface area contributed by atoms with Crippen LogP contribution in [0.4, 0.5) is 0 Å². The monoisotopic (exact) mass is 514 g/mol. The van der Waals surface area contributed by atoms with Gasteiger partial charge in [-0.25, -0.2) is 0 Å². The van der Waals surface area contributed by atoms with E-state index in [0.717, 1.165) is 49.7 Å². The molecule has 5 heteroatoms. The molecule has 0 aromatic carbocycles. The zero-order valence-corrected chi connectivity index (χ0v) is 24.6. The number of hydrogen-bond donors (Lipinski definition) is 1. The summed E-state index contributed by atoms with van der Waals surface area (Å²) in [5.41, 5.74) is 0.852. The van der Waals surface area contributed by atoms with Crippen LogP contribution in [-0.2, 0) is 14.3 Å². The van der Waals surface area contributed by atoms with E-state index in [1.54, 1.807) is 0 Å². The Bertz CT molecular complexity index is 868. The van der Waals surface area contributed by atoms with Crippen LogP contribution in [0.2, 0.25) is 0 Å². The molecule has 0 aromatic rings. The van der Waals surface area contributed by atoms with Crippen LogP contribution in [0.5, 0.6) is 0 Å². The Morgan fingerprint density at radius 2 is 1.73 bits per heavy atom. The summed E-state index contributed by atoms with van der Waals surface area (Å²) < 4.78 is 13.5. The van der Waals surface area contributed by atoms with Crippen LogP contribution in [-0.4, -0.2) is 56.0 Å².